The number of ether oxygens (including phenoxy) is 4. The molecule has 11 nitrogen and oxygen atoms in total. The van der Waals surface area contributed by atoms with Crippen molar-refractivity contribution in [2.75, 3.05) is 34.0 Å². The molecule has 0 saturated carbocycles. The highest BCUT2D eigenvalue weighted by Crippen LogP contribution is 2.28. The molecule has 1 fully saturated rings. The highest BCUT2D eigenvalue weighted by Gasteiger charge is 2.21. The summed E-state index contributed by atoms with van der Waals surface area (Å²) in [6.07, 6.45) is 2.90. The van der Waals surface area contributed by atoms with Crippen LogP contribution in [0, 0.1) is 0 Å². The van der Waals surface area contributed by atoms with Gasteiger partial charge in [0.2, 0.25) is 0 Å². The molecule has 212 valence electrons. The van der Waals surface area contributed by atoms with Crippen LogP contribution in [0.4, 0.5) is 0 Å². The molecule has 2 aromatic heterocycles. The van der Waals surface area contributed by atoms with E-state index >= 15 is 0 Å². The van der Waals surface area contributed by atoms with Crippen LogP contribution in [0.3, 0.4) is 0 Å². The van der Waals surface area contributed by atoms with Crippen molar-refractivity contribution >= 4 is 10.9 Å². The van der Waals surface area contributed by atoms with Gasteiger partial charge in [0.25, 0.3) is 5.56 Å². The topological polar surface area (TPSA) is 117 Å². The van der Waals surface area contributed by atoms with Crippen LogP contribution < -0.4 is 19.8 Å². The van der Waals surface area contributed by atoms with Gasteiger partial charge in [-0.2, -0.15) is 0 Å². The summed E-state index contributed by atoms with van der Waals surface area (Å²) in [7, 11) is 3.25. The van der Waals surface area contributed by atoms with Crippen molar-refractivity contribution in [1.82, 2.24) is 30.1 Å². The Labute approximate surface area is 233 Å². The molecule has 0 radical (unpaired) electrons. The summed E-state index contributed by atoms with van der Waals surface area (Å²) in [6, 6.07) is 13.6. The lowest BCUT2D eigenvalue weighted by Gasteiger charge is -2.22. The van der Waals surface area contributed by atoms with Crippen molar-refractivity contribution in [2.45, 2.75) is 51.9 Å². The molecule has 0 bridgehead atoms. The average molecular weight is 549 g/mol. The highest BCUT2D eigenvalue weighted by molar-refractivity contribution is 5.80. The van der Waals surface area contributed by atoms with Crippen LogP contribution in [0.5, 0.6) is 17.2 Å². The molecule has 0 amide bonds. The number of aromatic amines is 1. The molecule has 1 aliphatic rings. The van der Waals surface area contributed by atoms with E-state index in [0.717, 1.165) is 53.9 Å². The normalized spacial score (nSPS) is 15.2. The quantitative estimate of drug-likeness (QED) is 0.268. The van der Waals surface area contributed by atoms with Gasteiger partial charge >= 0.3 is 0 Å². The van der Waals surface area contributed by atoms with Gasteiger partial charge in [-0.1, -0.05) is 6.07 Å². The molecule has 1 aliphatic heterocycles. The number of benzene rings is 2. The average Bonchev–Trinajstić information content (AvgIpc) is 3.64. The van der Waals surface area contributed by atoms with Crippen molar-refractivity contribution in [2.24, 2.45) is 0 Å². The van der Waals surface area contributed by atoms with Crippen LogP contribution in [0.25, 0.3) is 10.9 Å². The Morgan fingerprint density at radius 3 is 2.75 bits per heavy atom. The first-order chi connectivity index (χ1) is 19.6. The van der Waals surface area contributed by atoms with E-state index < -0.39 is 0 Å². The van der Waals surface area contributed by atoms with Crippen LogP contribution in [-0.4, -0.2) is 70.2 Å². The second kappa shape index (κ2) is 12.9. The second-order valence-corrected chi connectivity index (χ2v) is 9.87. The summed E-state index contributed by atoms with van der Waals surface area (Å²) in [5.74, 6) is 2.87. The summed E-state index contributed by atoms with van der Waals surface area (Å²) < 4.78 is 24.2. The van der Waals surface area contributed by atoms with Gasteiger partial charge < -0.3 is 23.9 Å². The molecule has 1 N–H and O–H groups in total. The van der Waals surface area contributed by atoms with Crippen LogP contribution in [0.2, 0.25) is 0 Å². The van der Waals surface area contributed by atoms with Crippen molar-refractivity contribution in [3.8, 4) is 17.2 Å². The van der Waals surface area contributed by atoms with Crippen molar-refractivity contribution in [3.05, 3.63) is 69.8 Å². The van der Waals surface area contributed by atoms with Crippen LogP contribution >= 0.6 is 0 Å². The summed E-state index contributed by atoms with van der Waals surface area (Å²) >= 11 is 0. The number of hydrogen-bond donors (Lipinski definition) is 1. The lowest BCUT2D eigenvalue weighted by atomic mass is 10.1. The third-order valence-electron chi connectivity index (χ3n) is 7.13. The molecule has 2 aromatic carbocycles. The Bertz CT molecular complexity index is 1480. The minimum absolute atomic E-state index is 0.116. The number of nitrogens with one attached hydrogen (secondary N) is 1. The summed E-state index contributed by atoms with van der Waals surface area (Å²) in [6.45, 7) is 5.47. The van der Waals surface area contributed by atoms with Gasteiger partial charge in [-0.3, -0.25) is 9.69 Å². The van der Waals surface area contributed by atoms with Gasteiger partial charge in [0.05, 0.1) is 40.0 Å². The van der Waals surface area contributed by atoms with E-state index in [1.54, 1.807) is 14.2 Å². The molecule has 3 heterocycles. The lowest BCUT2D eigenvalue weighted by Crippen LogP contribution is -2.30. The fourth-order valence-electron chi connectivity index (χ4n) is 5.04. The van der Waals surface area contributed by atoms with E-state index in [2.05, 4.69) is 25.4 Å². The number of aromatic nitrogens is 5. The largest absolute Gasteiger partial charge is 0.494 e. The summed E-state index contributed by atoms with van der Waals surface area (Å²) in [5, 5.41) is 13.4. The Morgan fingerprint density at radius 2 is 1.98 bits per heavy atom. The zero-order chi connectivity index (χ0) is 27.9. The molecule has 4 aromatic rings. The minimum Gasteiger partial charge on any atom is -0.494 e. The van der Waals surface area contributed by atoms with Crippen molar-refractivity contribution in [3.63, 3.8) is 0 Å². The number of nitrogens with zero attached hydrogens (tertiary/aromatic N) is 5. The maximum Gasteiger partial charge on any atom is 0.252 e. The molecular formula is C29H36N6O5. The van der Waals surface area contributed by atoms with Crippen LogP contribution in [0.15, 0.2) is 47.3 Å². The Hall–Kier alpha value is -3.96. The molecule has 0 unspecified atom stereocenters. The molecule has 1 atom stereocenters. The molecule has 11 heteroatoms. The highest BCUT2D eigenvalue weighted by atomic mass is 16.5. The molecule has 0 spiro atoms. The van der Waals surface area contributed by atoms with Crippen molar-refractivity contribution in [1.29, 1.82) is 0 Å². The lowest BCUT2D eigenvalue weighted by molar-refractivity contribution is 0.0916. The molecule has 1 saturated heterocycles. The first-order valence-electron chi connectivity index (χ1n) is 13.6. The van der Waals surface area contributed by atoms with Crippen LogP contribution in [-0.2, 0) is 30.8 Å². The zero-order valence-electron chi connectivity index (χ0n) is 23.3. The first-order valence-corrected chi connectivity index (χ1v) is 13.6. The van der Waals surface area contributed by atoms with E-state index in [1.165, 1.54) is 0 Å². The number of tetrazole rings is 1. The van der Waals surface area contributed by atoms with Gasteiger partial charge in [-0.05, 0) is 78.6 Å². The standard InChI is InChI=1S/C29H36N6O5/c1-4-39-23-8-9-25-21(16-23)15-22(29(36)30-25)17-34(12-11-20-7-10-26(37-2)27(14-20)38-3)19-28-31-32-33-35(28)18-24-6-5-13-40-24/h7-10,14-16,24H,4-6,11-13,17-19H2,1-3H3,(H,30,36)/t24-/m1/s1. The Morgan fingerprint density at radius 1 is 1.10 bits per heavy atom. The first kappa shape index (κ1) is 27.6. The molecular weight excluding hydrogens is 512 g/mol. The Kier molecular flexibility index (Phi) is 8.92. The van der Waals surface area contributed by atoms with Gasteiger partial charge in [0.1, 0.15) is 5.75 Å². The zero-order valence-corrected chi connectivity index (χ0v) is 23.3. The molecule has 40 heavy (non-hydrogen) atoms. The fraction of sp³-hybridized carbons (Fsp3) is 0.448. The van der Waals surface area contributed by atoms with Crippen LogP contribution in [0.1, 0.15) is 36.7 Å². The monoisotopic (exact) mass is 548 g/mol. The third kappa shape index (κ3) is 6.60. The predicted octanol–water partition coefficient (Wildman–Crippen LogP) is 3.35. The van der Waals surface area contributed by atoms with Crippen molar-refractivity contribution < 1.29 is 18.9 Å². The Balaban J connectivity index is 1.40. The minimum atomic E-state index is -0.119. The van der Waals surface area contributed by atoms with Gasteiger partial charge in [0, 0.05) is 36.2 Å². The van der Waals surface area contributed by atoms with Gasteiger partial charge in [0.15, 0.2) is 17.3 Å². The fourth-order valence-corrected chi connectivity index (χ4v) is 5.04. The number of fused-ring (bicyclic) bond motifs is 1. The van der Waals surface area contributed by atoms with E-state index in [0.29, 0.717) is 49.8 Å². The summed E-state index contributed by atoms with van der Waals surface area (Å²) in [4.78, 5) is 18.3. The predicted molar refractivity (Wildman–Crippen MR) is 150 cm³/mol. The number of pyridine rings is 1. The van der Waals surface area contributed by atoms with E-state index in [9.17, 15) is 4.79 Å². The molecule has 5 rings (SSSR count). The van der Waals surface area contributed by atoms with E-state index in [4.69, 9.17) is 18.9 Å². The van der Waals surface area contributed by atoms with Gasteiger partial charge in [-0.15, -0.1) is 5.10 Å². The maximum absolute atomic E-state index is 13.1. The smallest absolute Gasteiger partial charge is 0.252 e. The summed E-state index contributed by atoms with van der Waals surface area (Å²) in [5.41, 5.74) is 2.41. The maximum atomic E-state index is 13.1. The van der Waals surface area contributed by atoms with Gasteiger partial charge in [-0.25, -0.2) is 4.68 Å². The van der Waals surface area contributed by atoms with E-state index in [1.807, 2.05) is 54.1 Å². The number of H-pyrrole nitrogens is 1. The van der Waals surface area contributed by atoms with E-state index in [-0.39, 0.29) is 11.7 Å². The number of hydrogen-bond acceptors (Lipinski definition) is 9. The number of rotatable bonds is 13. The second-order valence-electron chi connectivity index (χ2n) is 9.87. The third-order valence-corrected chi connectivity index (χ3v) is 7.13. The number of methoxy groups -OCH3 is 2. The SMILES string of the molecule is CCOc1ccc2[nH]c(=O)c(CN(CCc3ccc(OC)c(OC)c3)Cc3nnnn3C[C@H]3CCCO3)cc2c1. The molecule has 0 aliphatic carbocycles.